The van der Waals surface area contributed by atoms with Gasteiger partial charge in [-0.1, -0.05) is 13.3 Å². The lowest BCUT2D eigenvalue weighted by Crippen LogP contribution is -2.29. The van der Waals surface area contributed by atoms with E-state index >= 15 is 0 Å². The van der Waals surface area contributed by atoms with Crippen molar-refractivity contribution >= 4 is 5.91 Å². The number of nitrogens with zero attached hydrogens (tertiary/aromatic N) is 2. The van der Waals surface area contributed by atoms with E-state index in [0.29, 0.717) is 25.4 Å². The molecule has 5 heteroatoms. The largest absolute Gasteiger partial charge is 0.356 e. The highest BCUT2D eigenvalue weighted by molar-refractivity contribution is 5.76. The number of amides is 1. The molecule has 0 bridgehead atoms. The maximum absolute atomic E-state index is 11.5. The van der Waals surface area contributed by atoms with E-state index in [4.69, 9.17) is 5.73 Å². The van der Waals surface area contributed by atoms with Crippen LogP contribution in [0.1, 0.15) is 26.2 Å². The number of nitrogens with one attached hydrogen (secondary N) is 1. The van der Waals surface area contributed by atoms with E-state index in [1.54, 1.807) is 6.20 Å². The van der Waals surface area contributed by atoms with Crippen LogP contribution in [0.4, 0.5) is 0 Å². The molecule has 0 fully saturated rings. The zero-order chi connectivity index (χ0) is 12.5. The van der Waals surface area contributed by atoms with Gasteiger partial charge in [0.1, 0.15) is 0 Å². The van der Waals surface area contributed by atoms with Crippen LogP contribution < -0.4 is 11.1 Å². The molecule has 0 radical (unpaired) electrons. The second-order valence-electron chi connectivity index (χ2n) is 4.19. The molecule has 0 saturated heterocycles. The van der Waals surface area contributed by atoms with Gasteiger partial charge in [-0.05, 0) is 24.9 Å². The Labute approximate surface area is 102 Å². The van der Waals surface area contributed by atoms with Crippen LogP contribution in [0.25, 0.3) is 0 Å². The normalized spacial score (nSPS) is 12.4. The van der Waals surface area contributed by atoms with Gasteiger partial charge in [-0.25, -0.2) is 0 Å². The Morgan fingerprint density at radius 3 is 3.00 bits per heavy atom. The van der Waals surface area contributed by atoms with Crippen molar-refractivity contribution in [3.8, 4) is 0 Å². The van der Waals surface area contributed by atoms with Crippen LogP contribution in [0.15, 0.2) is 18.5 Å². The van der Waals surface area contributed by atoms with E-state index in [0.717, 1.165) is 19.4 Å². The molecule has 3 N–H and O–H groups in total. The van der Waals surface area contributed by atoms with E-state index in [1.165, 1.54) is 0 Å². The average molecular weight is 238 g/mol. The fraction of sp³-hybridized carbons (Fsp3) is 0.667. The van der Waals surface area contributed by atoms with E-state index < -0.39 is 0 Å². The summed E-state index contributed by atoms with van der Waals surface area (Å²) in [5.41, 5.74) is 5.56. The fourth-order valence-electron chi connectivity index (χ4n) is 1.63. The molecule has 5 nitrogen and oxygen atoms in total. The molecule has 96 valence electrons. The van der Waals surface area contributed by atoms with Gasteiger partial charge in [0.05, 0.1) is 0 Å². The van der Waals surface area contributed by atoms with Crippen LogP contribution in [-0.2, 0) is 11.3 Å². The van der Waals surface area contributed by atoms with Gasteiger partial charge in [0.2, 0.25) is 5.91 Å². The second-order valence-corrected chi connectivity index (χ2v) is 4.19. The molecule has 0 aliphatic carbocycles. The quantitative estimate of drug-likeness (QED) is 0.657. The predicted octanol–water partition coefficient (Wildman–Crippen LogP) is 0.764. The van der Waals surface area contributed by atoms with Crippen molar-refractivity contribution in [3.63, 3.8) is 0 Å². The number of carbonyl (C=O) groups is 1. The van der Waals surface area contributed by atoms with E-state index in [2.05, 4.69) is 17.3 Å². The Balaban J connectivity index is 2.07. The van der Waals surface area contributed by atoms with Gasteiger partial charge in [-0.3, -0.25) is 9.48 Å². The molecule has 0 saturated carbocycles. The summed E-state index contributed by atoms with van der Waals surface area (Å²) in [6.07, 6.45) is 6.06. The Morgan fingerprint density at radius 1 is 1.59 bits per heavy atom. The number of aryl methyl sites for hydroxylation is 1. The first-order valence-electron chi connectivity index (χ1n) is 6.20. The number of aromatic nitrogens is 2. The van der Waals surface area contributed by atoms with Gasteiger partial charge in [0.15, 0.2) is 0 Å². The smallest absolute Gasteiger partial charge is 0.220 e. The molecule has 1 unspecified atom stereocenters. The van der Waals surface area contributed by atoms with Crippen LogP contribution >= 0.6 is 0 Å². The highest BCUT2D eigenvalue weighted by atomic mass is 16.1. The highest BCUT2D eigenvalue weighted by Gasteiger charge is 2.09. The first kappa shape index (κ1) is 13.7. The van der Waals surface area contributed by atoms with Crippen molar-refractivity contribution in [1.29, 1.82) is 0 Å². The summed E-state index contributed by atoms with van der Waals surface area (Å²) in [6, 6.07) is 1.89. The summed E-state index contributed by atoms with van der Waals surface area (Å²) < 4.78 is 1.86. The number of hydrogen-bond donors (Lipinski definition) is 2. The van der Waals surface area contributed by atoms with Crippen LogP contribution in [0.5, 0.6) is 0 Å². The fourth-order valence-corrected chi connectivity index (χ4v) is 1.63. The van der Waals surface area contributed by atoms with E-state index in [1.807, 2.05) is 16.9 Å². The zero-order valence-electron chi connectivity index (χ0n) is 10.4. The Bertz CT molecular complexity index is 306. The van der Waals surface area contributed by atoms with Crippen LogP contribution in [0.2, 0.25) is 0 Å². The second kappa shape index (κ2) is 7.84. The van der Waals surface area contributed by atoms with Gasteiger partial charge >= 0.3 is 0 Å². The first-order chi connectivity index (χ1) is 8.26. The monoisotopic (exact) mass is 238 g/mol. The summed E-state index contributed by atoms with van der Waals surface area (Å²) >= 11 is 0. The topological polar surface area (TPSA) is 72.9 Å². The number of rotatable bonds is 8. The van der Waals surface area contributed by atoms with Crippen LogP contribution in [0.3, 0.4) is 0 Å². The third-order valence-corrected chi connectivity index (χ3v) is 2.83. The Kier molecular flexibility index (Phi) is 6.32. The minimum atomic E-state index is 0.0998. The molecule has 0 aromatic carbocycles. The van der Waals surface area contributed by atoms with Gasteiger partial charge < -0.3 is 11.1 Å². The third kappa shape index (κ3) is 5.49. The molecule has 1 amide bonds. The van der Waals surface area contributed by atoms with Gasteiger partial charge in [0, 0.05) is 31.9 Å². The SMILES string of the molecule is CCC(CN)CC(=O)NCCCn1cccn1. The van der Waals surface area contributed by atoms with Crippen LogP contribution in [0, 0.1) is 5.92 Å². The van der Waals surface area contributed by atoms with Crippen LogP contribution in [-0.4, -0.2) is 28.8 Å². The van der Waals surface area contributed by atoms with Gasteiger partial charge in [-0.2, -0.15) is 5.10 Å². The Hall–Kier alpha value is -1.36. The standard InChI is InChI=1S/C12H22N4O/c1-2-11(10-13)9-12(17)14-5-3-7-16-8-4-6-15-16/h4,6,8,11H,2-3,5,7,9-10,13H2,1H3,(H,14,17). The predicted molar refractivity (Wildman–Crippen MR) is 67.3 cm³/mol. The number of nitrogens with two attached hydrogens (primary N) is 1. The number of hydrogen-bond acceptors (Lipinski definition) is 3. The average Bonchev–Trinajstić information content (AvgIpc) is 2.84. The van der Waals surface area contributed by atoms with E-state index in [-0.39, 0.29) is 5.91 Å². The maximum Gasteiger partial charge on any atom is 0.220 e. The molecule has 0 aliphatic heterocycles. The summed E-state index contributed by atoms with van der Waals surface area (Å²) in [5.74, 6) is 0.406. The lowest BCUT2D eigenvalue weighted by atomic mass is 10.0. The van der Waals surface area contributed by atoms with Crippen molar-refractivity contribution < 1.29 is 4.79 Å². The molecular weight excluding hydrogens is 216 g/mol. The van der Waals surface area contributed by atoms with Gasteiger partial charge in [0.25, 0.3) is 0 Å². The first-order valence-corrected chi connectivity index (χ1v) is 6.20. The van der Waals surface area contributed by atoms with Crippen molar-refractivity contribution in [2.24, 2.45) is 11.7 Å². The molecule has 1 atom stereocenters. The van der Waals surface area contributed by atoms with E-state index in [9.17, 15) is 4.79 Å². The molecule has 1 aromatic rings. The summed E-state index contributed by atoms with van der Waals surface area (Å²) in [5, 5.41) is 7.00. The molecule has 0 spiro atoms. The number of carbonyl (C=O) groups excluding carboxylic acids is 1. The minimum Gasteiger partial charge on any atom is -0.356 e. The molecular formula is C12H22N4O. The molecule has 1 heterocycles. The van der Waals surface area contributed by atoms with Crippen molar-refractivity contribution in [2.75, 3.05) is 13.1 Å². The lowest BCUT2D eigenvalue weighted by molar-refractivity contribution is -0.122. The molecule has 1 rings (SSSR count). The summed E-state index contributed by atoms with van der Waals surface area (Å²) in [4.78, 5) is 11.5. The van der Waals surface area contributed by atoms with Gasteiger partial charge in [-0.15, -0.1) is 0 Å². The summed E-state index contributed by atoms with van der Waals surface area (Å²) in [7, 11) is 0. The molecule has 1 aromatic heterocycles. The molecule has 17 heavy (non-hydrogen) atoms. The van der Waals surface area contributed by atoms with Crippen molar-refractivity contribution in [3.05, 3.63) is 18.5 Å². The minimum absolute atomic E-state index is 0.0998. The van der Waals surface area contributed by atoms with Crippen molar-refractivity contribution in [1.82, 2.24) is 15.1 Å². The molecule has 0 aliphatic rings. The Morgan fingerprint density at radius 2 is 2.41 bits per heavy atom. The van der Waals surface area contributed by atoms with Crippen molar-refractivity contribution in [2.45, 2.75) is 32.7 Å². The third-order valence-electron chi connectivity index (χ3n) is 2.83. The zero-order valence-corrected chi connectivity index (χ0v) is 10.4. The lowest BCUT2D eigenvalue weighted by Gasteiger charge is -2.11. The summed E-state index contributed by atoms with van der Waals surface area (Å²) in [6.45, 7) is 4.17. The highest BCUT2D eigenvalue weighted by Crippen LogP contribution is 2.05. The maximum atomic E-state index is 11.5.